The van der Waals surface area contributed by atoms with Crippen molar-refractivity contribution in [2.24, 2.45) is 0 Å². The molecule has 0 spiro atoms. The molecule has 0 radical (unpaired) electrons. The number of nitrogens with one attached hydrogen (secondary N) is 2. The Hall–Kier alpha value is -2.87. The molecular weight excluding hydrogens is 378 g/mol. The topological polar surface area (TPSA) is 95.6 Å². The Morgan fingerprint density at radius 1 is 1.04 bits per heavy atom. The number of benzene rings is 2. The Bertz CT molecular complexity index is 929. The van der Waals surface area contributed by atoms with Crippen LogP contribution >= 0.6 is 0 Å². The van der Waals surface area contributed by atoms with Crippen molar-refractivity contribution in [2.75, 3.05) is 22.4 Å². The normalized spacial score (nSPS) is 12.1. The fourth-order valence-corrected chi connectivity index (χ4v) is 3.92. The Labute approximate surface area is 165 Å². The minimum Gasteiger partial charge on any atom is -0.352 e. The van der Waals surface area contributed by atoms with Crippen LogP contribution in [0.1, 0.15) is 30.6 Å². The number of nitrogens with zero attached hydrogens (tertiary/aromatic N) is 1. The van der Waals surface area contributed by atoms with Gasteiger partial charge in [-0.2, -0.15) is 0 Å². The fraction of sp³-hybridized carbons (Fsp3) is 0.300. The van der Waals surface area contributed by atoms with Crippen LogP contribution in [0.2, 0.25) is 0 Å². The maximum atomic E-state index is 12.8. The molecule has 8 heteroatoms. The first-order valence-corrected chi connectivity index (χ1v) is 10.8. The molecule has 7 nitrogen and oxygen atoms in total. The molecule has 0 heterocycles. The van der Waals surface area contributed by atoms with Gasteiger partial charge >= 0.3 is 0 Å². The van der Waals surface area contributed by atoms with E-state index in [1.165, 1.54) is 6.92 Å². The molecule has 2 rings (SSSR count). The van der Waals surface area contributed by atoms with Crippen molar-refractivity contribution in [3.05, 3.63) is 60.2 Å². The molecule has 0 fully saturated rings. The lowest BCUT2D eigenvalue weighted by atomic mass is 10.1. The van der Waals surface area contributed by atoms with Gasteiger partial charge < -0.3 is 10.6 Å². The van der Waals surface area contributed by atoms with Gasteiger partial charge in [-0.25, -0.2) is 8.42 Å². The van der Waals surface area contributed by atoms with Crippen LogP contribution in [-0.2, 0) is 14.8 Å². The summed E-state index contributed by atoms with van der Waals surface area (Å²) in [5.41, 5.74) is 1.04. The monoisotopic (exact) mass is 403 g/mol. The largest absolute Gasteiger partial charge is 0.352 e. The van der Waals surface area contributed by atoms with Gasteiger partial charge in [0.05, 0.1) is 23.2 Å². The van der Waals surface area contributed by atoms with Crippen molar-refractivity contribution in [3.8, 4) is 0 Å². The summed E-state index contributed by atoms with van der Waals surface area (Å²) in [6.45, 7) is 3.97. The van der Waals surface area contributed by atoms with E-state index in [0.29, 0.717) is 23.5 Å². The highest BCUT2D eigenvalue weighted by Gasteiger charge is 2.29. The van der Waals surface area contributed by atoms with E-state index in [4.69, 9.17) is 0 Å². The first kappa shape index (κ1) is 21.4. The number of rotatable bonds is 8. The number of anilines is 2. The van der Waals surface area contributed by atoms with Gasteiger partial charge in [0, 0.05) is 6.54 Å². The molecule has 0 aliphatic rings. The molecular formula is C20H25N3O4S. The van der Waals surface area contributed by atoms with E-state index in [2.05, 4.69) is 10.6 Å². The first-order chi connectivity index (χ1) is 13.3. The van der Waals surface area contributed by atoms with Gasteiger partial charge in [0.1, 0.15) is 6.04 Å². The molecule has 0 saturated heterocycles. The number of carbonyl (C=O) groups is 2. The summed E-state index contributed by atoms with van der Waals surface area (Å²) >= 11 is 0. The van der Waals surface area contributed by atoms with Crippen LogP contribution in [0.5, 0.6) is 0 Å². The Morgan fingerprint density at radius 3 is 2.25 bits per heavy atom. The van der Waals surface area contributed by atoms with Crippen LogP contribution in [0.25, 0.3) is 0 Å². The summed E-state index contributed by atoms with van der Waals surface area (Å²) in [4.78, 5) is 25.1. The van der Waals surface area contributed by atoms with Crippen molar-refractivity contribution in [1.29, 1.82) is 0 Å². The summed E-state index contributed by atoms with van der Waals surface area (Å²) in [5, 5.41) is 5.45. The molecule has 2 N–H and O–H groups in total. The molecule has 0 aliphatic carbocycles. The molecule has 150 valence electrons. The highest BCUT2D eigenvalue weighted by Crippen LogP contribution is 2.22. The third-order valence-electron chi connectivity index (χ3n) is 4.06. The molecule has 2 aromatic rings. The van der Waals surface area contributed by atoms with E-state index < -0.39 is 22.0 Å². The third-order valence-corrected chi connectivity index (χ3v) is 5.31. The summed E-state index contributed by atoms with van der Waals surface area (Å²) in [5.74, 6) is -0.835. The molecule has 0 aromatic heterocycles. The van der Waals surface area contributed by atoms with Crippen molar-refractivity contribution in [3.63, 3.8) is 0 Å². The van der Waals surface area contributed by atoms with E-state index in [1.54, 1.807) is 54.6 Å². The molecule has 2 aromatic carbocycles. The maximum Gasteiger partial charge on any atom is 0.253 e. The smallest absolute Gasteiger partial charge is 0.253 e. The average Bonchev–Trinajstić information content (AvgIpc) is 2.66. The first-order valence-electron chi connectivity index (χ1n) is 8.98. The van der Waals surface area contributed by atoms with Crippen molar-refractivity contribution in [1.82, 2.24) is 5.32 Å². The lowest BCUT2D eigenvalue weighted by Gasteiger charge is -2.28. The minimum atomic E-state index is -3.70. The number of sulfonamides is 1. The quantitative estimate of drug-likeness (QED) is 0.708. The van der Waals surface area contributed by atoms with Gasteiger partial charge in [-0.3, -0.25) is 13.9 Å². The van der Waals surface area contributed by atoms with Crippen LogP contribution in [0.4, 0.5) is 11.4 Å². The number of hydrogen-bond donors (Lipinski definition) is 2. The molecule has 0 bridgehead atoms. The van der Waals surface area contributed by atoms with E-state index in [0.717, 1.165) is 17.0 Å². The van der Waals surface area contributed by atoms with E-state index in [1.807, 2.05) is 6.92 Å². The second-order valence-corrected chi connectivity index (χ2v) is 8.22. The van der Waals surface area contributed by atoms with Crippen LogP contribution < -0.4 is 14.9 Å². The van der Waals surface area contributed by atoms with Crippen LogP contribution in [0.3, 0.4) is 0 Å². The summed E-state index contributed by atoms with van der Waals surface area (Å²) < 4.78 is 25.7. The minimum absolute atomic E-state index is 0.298. The fourth-order valence-electron chi connectivity index (χ4n) is 2.74. The van der Waals surface area contributed by atoms with E-state index in [-0.39, 0.29) is 5.91 Å². The number of hydrogen-bond acceptors (Lipinski definition) is 4. The summed E-state index contributed by atoms with van der Waals surface area (Å²) in [6, 6.07) is 14.0. The molecule has 0 aliphatic heterocycles. The third kappa shape index (κ3) is 5.32. The predicted molar refractivity (Wildman–Crippen MR) is 111 cm³/mol. The molecule has 0 unspecified atom stereocenters. The molecule has 1 atom stereocenters. The lowest BCUT2D eigenvalue weighted by Crippen LogP contribution is -2.45. The second kappa shape index (κ2) is 9.36. The van der Waals surface area contributed by atoms with Crippen molar-refractivity contribution < 1.29 is 18.0 Å². The van der Waals surface area contributed by atoms with Crippen LogP contribution in [0, 0.1) is 0 Å². The van der Waals surface area contributed by atoms with Gasteiger partial charge in [-0.15, -0.1) is 0 Å². The van der Waals surface area contributed by atoms with Gasteiger partial charge in [0.25, 0.3) is 5.91 Å². The SMILES string of the molecule is CCCNC(=O)c1ccccc1NC(=O)[C@H](C)N(c1ccccc1)S(C)(=O)=O. The molecule has 0 saturated carbocycles. The number of carbonyl (C=O) groups excluding carboxylic acids is 2. The van der Waals surface area contributed by atoms with Crippen molar-refractivity contribution in [2.45, 2.75) is 26.3 Å². The Balaban J connectivity index is 2.28. The van der Waals surface area contributed by atoms with Gasteiger partial charge in [0.15, 0.2) is 0 Å². The summed E-state index contributed by atoms with van der Waals surface area (Å²) in [7, 11) is -3.70. The second-order valence-electron chi connectivity index (χ2n) is 6.36. The Morgan fingerprint density at radius 2 is 1.64 bits per heavy atom. The number of para-hydroxylation sites is 2. The summed E-state index contributed by atoms with van der Waals surface area (Å²) in [6.07, 6.45) is 1.84. The van der Waals surface area contributed by atoms with Gasteiger partial charge in [0.2, 0.25) is 15.9 Å². The Kier molecular flexibility index (Phi) is 7.17. The highest BCUT2D eigenvalue weighted by atomic mass is 32.2. The zero-order valence-corrected chi connectivity index (χ0v) is 17.0. The number of amides is 2. The average molecular weight is 404 g/mol. The zero-order chi connectivity index (χ0) is 20.7. The van der Waals surface area contributed by atoms with Crippen LogP contribution in [0.15, 0.2) is 54.6 Å². The van der Waals surface area contributed by atoms with Gasteiger partial charge in [-0.05, 0) is 37.6 Å². The van der Waals surface area contributed by atoms with Gasteiger partial charge in [-0.1, -0.05) is 37.3 Å². The molecule has 28 heavy (non-hydrogen) atoms. The van der Waals surface area contributed by atoms with Crippen LogP contribution in [-0.4, -0.2) is 39.1 Å². The standard InChI is InChI=1S/C20H25N3O4S/c1-4-14-21-20(25)17-12-8-9-13-18(17)22-19(24)15(2)23(28(3,26)27)16-10-6-5-7-11-16/h5-13,15H,4,14H2,1-3H3,(H,21,25)(H,22,24)/t15-/m0/s1. The zero-order valence-electron chi connectivity index (χ0n) is 16.2. The van der Waals surface area contributed by atoms with E-state index >= 15 is 0 Å². The van der Waals surface area contributed by atoms with Crippen molar-refractivity contribution >= 4 is 33.2 Å². The lowest BCUT2D eigenvalue weighted by molar-refractivity contribution is -0.116. The van der Waals surface area contributed by atoms with E-state index in [9.17, 15) is 18.0 Å². The highest BCUT2D eigenvalue weighted by molar-refractivity contribution is 7.92. The molecule has 2 amide bonds. The maximum absolute atomic E-state index is 12.8. The predicted octanol–water partition coefficient (Wildman–Crippen LogP) is 2.62.